The van der Waals surface area contributed by atoms with Gasteiger partial charge in [0.15, 0.2) is 6.29 Å². The number of ether oxygens (including phenoxy) is 4. The second-order valence-electron chi connectivity index (χ2n) is 7.25. The fraction of sp³-hybridized carbons (Fsp3) is 0.824. The van der Waals surface area contributed by atoms with Crippen molar-refractivity contribution in [2.75, 3.05) is 13.7 Å². The minimum Gasteiger partial charge on any atom is -0.472 e. The molecule has 0 bridgehead atoms. The van der Waals surface area contributed by atoms with E-state index in [1.54, 1.807) is 6.92 Å². The summed E-state index contributed by atoms with van der Waals surface area (Å²) in [6.07, 6.45) is -7.25. The Labute approximate surface area is 155 Å². The van der Waals surface area contributed by atoms with Gasteiger partial charge in [-0.1, -0.05) is 6.92 Å². The van der Waals surface area contributed by atoms with Gasteiger partial charge in [0.05, 0.1) is 31.7 Å². The van der Waals surface area contributed by atoms with Crippen LogP contribution >= 0.6 is 0 Å². The van der Waals surface area contributed by atoms with Gasteiger partial charge < -0.3 is 44.5 Å². The molecule has 0 radical (unpaired) electrons. The summed E-state index contributed by atoms with van der Waals surface area (Å²) < 4.78 is 21.4. The van der Waals surface area contributed by atoms with Crippen LogP contribution in [0.1, 0.15) is 13.3 Å². The van der Waals surface area contributed by atoms with Gasteiger partial charge in [-0.15, -0.1) is 0 Å². The number of carbonyl (C=O) groups excluding carboxylic acids is 1. The van der Waals surface area contributed by atoms with E-state index in [1.807, 2.05) is 0 Å². The quantitative estimate of drug-likeness (QED) is 0.336. The first-order valence-corrected chi connectivity index (χ1v) is 8.88. The lowest BCUT2D eigenvalue weighted by Gasteiger charge is -2.43. The van der Waals surface area contributed by atoms with Gasteiger partial charge in [0.2, 0.25) is 6.29 Å². The molecule has 1 aliphatic carbocycles. The van der Waals surface area contributed by atoms with Crippen LogP contribution in [0.2, 0.25) is 0 Å². The van der Waals surface area contributed by atoms with E-state index in [0.717, 1.165) is 0 Å². The molecule has 0 aromatic rings. The average molecular weight is 390 g/mol. The number of fused-ring (bicyclic) bond motifs is 1. The van der Waals surface area contributed by atoms with Crippen LogP contribution in [0.25, 0.3) is 0 Å². The van der Waals surface area contributed by atoms with Gasteiger partial charge in [-0.2, -0.15) is 0 Å². The van der Waals surface area contributed by atoms with Crippen molar-refractivity contribution < 1.29 is 49.3 Å². The van der Waals surface area contributed by atoms with Gasteiger partial charge in [0.25, 0.3) is 0 Å². The van der Waals surface area contributed by atoms with E-state index in [2.05, 4.69) is 0 Å². The molecule has 27 heavy (non-hydrogen) atoms. The molecule has 3 aliphatic rings. The summed E-state index contributed by atoms with van der Waals surface area (Å²) in [6, 6.07) is 0. The van der Waals surface area contributed by atoms with Crippen molar-refractivity contribution in [1.29, 1.82) is 0 Å². The molecule has 1 saturated carbocycles. The van der Waals surface area contributed by atoms with Crippen LogP contribution in [0, 0.1) is 17.8 Å². The Morgan fingerprint density at radius 2 is 1.89 bits per heavy atom. The zero-order valence-electron chi connectivity index (χ0n) is 15.0. The predicted octanol–water partition coefficient (Wildman–Crippen LogP) is -2.15. The molecule has 2 unspecified atom stereocenters. The summed E-state index contributed by atoms with van der Waals surface area (Å²) >= 11 is 0. The highest BCUT2D eigenvalue weighted by Gasteiger charge is 2.53. The van der Waals surface area contributed by atoms with Gasteiger partial charge in [-0.05, 0) is 12.3 Å². The van der Waals surface area contributed by atoms with Crippen molar-refractivity contribution in [2.24, 2.45) is 17.8 Å². The first-order chi connectivity index (χ1) is 12.8. The summed E-state index contributed by atoms with van der Waals surface area (Å²) in [4.78, 5) is 12.0. The Morgan fingerprint density at radius 3 is 2.52 bits per heavy atom. The minimum atomic E-state index is -1.58. The lowest BCUT2D eigenvalue weighted by Crippen LogP contribution is -2.60. The molecule has 0 amide bonds. The highest BCUT2D eigenvalue weighted by Crippen LogP contribution is 2.47. The zero-order valence-corrected chi connectivity index (χ0v) is 15.0. The van der Waals surface area contributed by atoms with Crippen LogP contribution in [0.5, 0.6) is 0 Å². The van der Waals surface area contributed by atoms with E-state index in [-0.39, 0.29) is 11.8 Å². The number of aliphatic hydroxyl groups excluding tert-OH is 5. The minimum absolute atomic E-state index is 0.279. The van der Waals surface area contributed by atoms with E-state index >= 15 is 0 Å². The maximum Gasteiger partial charge on any atom is 0.337 e. The smallest absolute Gasteiger partial charge is 0.337 e. The fourth-order valence-electron chi connectivity index (χ4n) is 4.10. The van der Waals surface area contributed by atoms with E-state index in [9.17, 15) is 30.3 Å². The first kappa shape index (κ1) is 20.5. The molecule has 3 rings (SSSR count). The Morgan fingerprint density at radius 1 is 1.19 bits per heavy atom. The third kappa shape index (κ3) is 3.58. The molecule has 10 nitrogen and oxygen atoms in total. The second-order valence-corrected chi connectivity index (χ2v) is 7.25. The summed E-state index contributed by atoms with van der Waals surface area (Å²) in [5.74, 6) is -1.63. The summed E-state index contributed by atoms with van der Waals surface area (Å²) in [5.41, 5.74) is 0.291. The van der Waals surface area contributed by atoms with Crippen molar-refractivity contribution in [3.8, 4) is 0 Å². The number of esters is 1. The molecule has 10 heteroatoms. The van der Waals surface area contributed by atoms with Gasteiger partial charge in [0.1, 0.15) is 24.4 Å². The maximum atomic E-state index is 12.0. The van der Waals surface area contributed by atoms with Crippen LogP contribution in [0.4, 0.5) is 0 Å². The molecule has 5 N–H and O–H groups in total. The van der Waals surface area contributed by atoms with Crippen LogP contribution in [0.15, 0.2) is 11.8 Å². The monoisotopic (exact) mass is 390 g/mol. The van der Waals surface area contributed by atoms with Crippen LogP contribution in [0.3, 0.4) is 0 Å². The Kier molecular flexibility index (Phi) is 6.06. The lowest BCUT2D eigenvalue weighted by atomic mass is 9.83. The molecule has 0 aromatic heterocycles. The Balaban J connectivity index is 1.80. The number of carbonyl (C=O) groups is 1. The van der Waals surface area contributed by atoms with Gasteiger partial charge in [-0.25, -0.2) is 4.79 Å². The first-order valence-electron chi connectivity index (χ1n) is 8.88. The van der Waals surface area contributed by atoms with Gasteiger partial charge in [-0.3, -0.25) is 0 Å². The number of aliphatic hydroxyl groups is 5. The van der Waals surface area contributed by atoms with Crippen molar-refractivity contribution >= 4 is 5.97 Å². The number of methoxy groups -OCH3 is 1. The molecule has 1 saturated heterocycles. The largest absolute Gasteiger partial charge is 0.472 e. The Hall–Kier alpha value is -1.27. The average Bonchev–Trinajstić information content (AvgIpc) is 2.96. The number of hydrogen-bond donors (Lipinski definition) is 5. The highest BCUT2D eigenvalue weighted by molar-refractivity contribution is 5.89. The third-order valence-electron chi connectivity index (χ3n) is 5.75. The third-order valence-corrected chi connectivity index (χ3v) is 5.75. The number of hydrogen-bond acceptors (Lipinski definition) is 10. The zero-order chi connectivity index (χ0) is 19.9. The predicted molar refractivity (Wildman–Crippen MR) is 86.6 cm³/mol. The van der Waals surface area contributed by atoms with Crippen LogP contribution in [-0.4, -0.2) is 88.3 Å². The molecular formula is C17H26O10. The molecule has 0 spiro atoms. The fourth-order valence-corrected chi connectivity index (χ4v) is 4.10. The van der Waals surface area contributed by atoms with E-state index in [4.69, 9.17) is 18.9 Å². The van der Waals surface area contributed by atoms with E-state index in [1.165, 1.54) is 13.4 Å². The van der Waals surface area contributed by atoms with Crippen LogP contribution < -0.4 is 0 Å². The summed E-state index contributed by atoms with van der Waals surface area (Å²) in [6.45, 7) is 1.21. The molecule has 2 heterocycles. The standard InChI is InChI=1S/C17H26O10/c1-6-9(19)3-7-8(15(23)24-2)5-25-16(11(6)7)27-17-14(22)13(21)12(20)10(4-18)26-17/h5-7,9-14,16-22H,3-4H2,1-2H3/t6-,7?,9-,10+,11?,12+,13-,14+,16-,17-/m0/s1. The van der Waals surface area contributed by atoms with Crippen molar-refractivity contribution in [3.63, 3.8) is 0 Å². The highest BCUT2D eigenvalue weighted by atomic mass is 16.8. The molecule has 2 aliphatic heterocycles. The molecule has 10 atom stereocenters. The number of rotatable bonds is 4. The van der Waals surface area contributed by atoms with Crippen molar-refractivity contribution in [3.05, 3.63) is 11.8 Å². The Bertz CT molecular complexity index is 578. The van der Waals surface area contributed by atoms with Crippen molar-refractivity contribution in [1.82, 2.24) is 0 Å². The molecule has 154 valence electrons. The summed E-state index contributed by atoms with van der Waals surface area (Å²) in [7, 11) is 1.25. The maximum absolute atomic E-state index is 12.0. The second kappa shape index (κ2) is 8.00. The SMILES string of the molecule is COC(=O)C1=CO[C@@H](O[C@@H]2O[C@H](CO)[C@@H](O)[C@H](O)[C@H]2O)C2C1C[C@H](O)[C@@H]2C. The van der Waals surface area contributed by atoms with Crippen molar-refractivity contribution in [2.45, 2.75) is 56.4 Å². The topological polar surface area (TPSA) is 155 Å². The van der Waals surface area contributed by atoms with E-state index in [0.29, 0.717) is 12.0 Å². The van der Waals surface area contributed by atoms with Gasteiger partial charge in [0, 0.05) is 11.8 Å². The molecular weight excluding hydrogens is 364 g/mol. The molecule has 0 aromatic carbocycles. The summed E-state index contributed by atoms with van der Waals surface area (Å²) in [5, 5.41) is 49.4. The van der Waals surface area contributed by atoms with E-state index < -0.39 is 61.6 Å². The normalized spacial score (nSPS) is 47.0. The van der Waals surface area contributed by atoms with Crippen LogP contribution in [-0.2, 0) is 23.7 Å². The lowest BCUT2D eigenvalue weighted by molar-refractivity contribution is -0.342. The van der Waals surface area contributed by atoms with Gasteiger partial charge >= 0.3 is 5.97 Å². The molecule has 2 fully saturated rings.